The van der Waals surface area contributed by atoms with Gasteiger partial charge in [-0.3, -0.25) is 4.68 Å². The monoisotopic (exact) mass is 240 g/mol. The van der Waals surface area contributed by atoms with Crippen LogP contribution in [-0.4, -0.2) is 32.9 Å². The summed E-state index contributed by atoms with van der Waals surface area (Å²) < 4.78 is 1.48. The summed E-state index contributed by atoms with van der Waals surface area (Å²) in [6.45, 7) is 3.58. The topological polar surface area (TPSA) is 96.2 Å². The summed E-state index contributed by atoms with van der Waals surface area (Å²) >= 11 is 0. The Morgan fingerprint density at radius 2 is 2.06 bits per heavy atom. The SMILES string of the molecule is CC(C)NC(=O)NC(C(=O)O)c1cnn(C)c1. The number of aryl methyl sites for hydroxylation is 1. The molecule has 7 heteroatoms. The molecule has 2 amide bonds. The Labute approximate surface area is 98.8 Å². The second-order valence-corrected chi connectivity index (χ2v) is 3.99. The minimum absolute atomic E-state index is 0.0571. The van der Waals surface area contributed by atoms with Crippen molar-refractivity contribution in [1.82, 2.24) is 20.4 Å². The minimum atomic E-state index is -1.13. The predicted octanol–water partition coefficient (Wildman–Crippen LogP) is 0.253. The molecule has 1 rings (SSSR count). The molecule has 0 bridgehead atoms. The molecule has 3 N–H and O–H groups in total. The summed E-state index contributed by atoms with van der Waals surface area (Å²) in [5.41, 5.74) is 0.430. The number of nitrogens with zero attached hydrogens (tertiary/aromatic N) is 2. The van der Waals surface area contributed by atoms with E-state index >= 15 is 0 Å². The van der Waals surface area contributed by atoms with E-state index in [9.17, 15) is 9.59 Å². The van der Waals surface area contributed by atoms with Crippen molar-refractivity contribution >= 4 is 12.0 Å². The molecule has 1 aromatic rings. The number of hydrogen-bond donors (Lipinski definition) is 3. The van der Waals surface area contributed by atoms with Crippen LogP contribution in [0.4, 0.5) is 4.79 Å². The van der Waals surface area contributed by atoms with E-state index in [4.69, 9.17) is 5.11 Å². The van der Waals surface area contributed by atoms with Crippen LogP contribution in [0.1, 0.15) is 25.5 Å². The number of nitrogens with one attached hydrogen (secondary N) is 2. The first-order valence-corrected chi connectivity index (χ1v) is 5.18. The van der Waals surface area contributed by atoms with Gasteiger partial charge in [0.2, 0.25) is 0 Å². The quantitative estimate of drug-likeness (QED) is 0.703. The maximum atomic E-state index is 11.4. The molecule has 7 nitrogen and oxygen atoms in total. The van der Waals surface area contributed by atoms with Gasteiger partial charge in [0.1, 0.15) is 0 Å². The number of amides is 2. The number of urea groups is 1. The van der Waals surface area contributed by atoms with Gasteiger partial charge in [-0.2, -0.15) is 5.10 Å². The summed E-state index contributed by atoms with van der Waals surface area (Å²) in [5, 5.41) is 17.8. The molecule has 0 radical (unpaired) electrons. The Morgan fingerprint density at radius 1 is 1.41 bits per heavy atom. The van der Waals surface area contributed by atoms with Crippen LogP contribution < -0.4 is 10.6 Å². The van der Waals surface area contributed by atoms with Crippen molar-refractivity contribution in [2.24, 2.45) is 7.05 Å². The molecule has 0 fully saturated rings. The zero-order valence-corrected chi connectivity index (χ0v) is 9.97. The molecule has 0 aliphatic carbocycles. The fourth-order valence-corrected chi connectivity index (χ4v) is 1.31. The fourth-order valence-electron chi connectivity index (χ4n) is 1.31. The van der Waals surface area contributed by atoms with Crippen LogP contribution in [0.3, 0.4) is 0 Å². The summed E-state index contributed by atoms with van der Waals surface area (Å²) in [5.74, 6) is -1.13. The molecule has 0 aromatic carbocycles. The number of rotatable bonds is 4. The number of carbonyl (C=O) groups is 2. The smallest absolute Gasteiger partial charge is 0.331 e. The Balaban J connectivity index is 2.74. The Hall–Kier alpha value is -2.05. The van der Waals surface area contributed by atoms with E-state index < -0.39 is 18.0 Å². The Kier molecular flexibility index (Phi) is 4.08. The third-order valence-electron chi connectivity index (χ3n) is 2.00. The molecule has 94 valence electrons. The van der Waals surface area contributed by atoms with Gasteiger partial charge in [0, 0.05) is 24.8 Å². The first-order valence-electron chi connectivity index (χ1n) is 5.18. The van der Waals surface area contributed by atoms with E-state index in [0.29, 0.717) is 5.56 Å². The van der Waals surface area contributed by atoms with E-state index in [-0.39, 0.29) is 6.04 Å². The van der Waals surface area contributed by atoms with Gasteiger partial charge >= 0.3 is 12.0 Å². The number of aliphatic carboxylic acids is 1. The van der Waals surface area contributed by atoms with Crippen LogP contribution in [0, 0.1) is 0 Å². The lowest BCUT2D eigenvalue weighted by atomic mass is 10.1. The van der Waals surface area contributed by atoms with Crippen molar-refractivity contribution < 1.29 is 14.7 Å². The number of carboxylic acids is 1. The lowest BCUT2D eigenvalue weighted by Gasteiger charge is -2.15. The Bertz CT molecular complexity index is 413. The average Bonchev–Trinajstić information content (AvgIpc) is 2.59. The molecule has 1 atom stereocenters. The van der Waals surface area contributed by atoms with Crippen LogP contribution in [0.25, 0.3) is 0 Å². The summed E-state index contributed by atoms with van der Waals surface area (Å²) in [7, 11) is 1.68. The van der Waals surface area contributed by atoms with Crippen LogP contribution in [-0.2, 0) is 11.8 Å². The van der Waals surface area contributed by atoms with Crippen molar-refractivity contribution in [2.75, 3.05) is 0 Å². The molecular weight excluding hydrogens is 224 g/mol. The van der Waals surface area contributed by atoms with Crippen LogP contribution >= 0.6 is 0 Å². The number of aromatic nitrogens is 2. The van der Waals surface area contributed by atoms with Gasteiger partial charge in [0.05, 0.1) is 6.20 Å². The van der Waals surface area contributed by atoms with Crippen LogP contribution in [0.2, 0.25) is 0 Å². The molecular formula is C10H16N4O3. The average molecular weight is 240 g/mol. The molecule has 0 aliphatic rings. The largest absolute Gasteiger partial charge is 0.479 e. The maximum Gasteiger partial charge on any atom is 0.331 e. The zero-order chi connectivity index (χ0) is 13.0. The van der Waals surface area contributed by atoms with Crippen molar-refractivity contribution in [3.05, 3.63) is 18.0 Å². The van der Waals surface area contributed by atoms with Gasteiger partial charge in [-0.15, -0.1) is 0 Å². The molecule has 1 aromatic heterocycles. The minimum Gasteiger partial charge on any atom is -0.479 e. The molecule has 1 heterocycles. The predicted molar refractivity (Wildman–Crippen MR) is 60.4 cm³/mol. The summed E-state index contributed by atoms with van der Waals surface area (Å²) in [6.07, 6.45) is 2.96. The van der Waals surface area contributed by atoms with Crippen LogP contribution in [0.15, 0.2) is 12.4 Å². The van der Waals surface area contributed by atoms with Crippen molar-refractivity contribution in [3.8, 4) is 0 Å². The lowest BCUT2D eigenvalue weighted by Crippen LogP contribution is -2.43. The number of hydrogen-bond acceptors (Lipinski definition) is 3. The second-order valence-electron chi connectivity index (χ2n) is 3.99. The summed E-state index contributed by atoms with van der Waals surface area (Å²) in [4.78, 5) is 22.5. The normalized spacial score (nSPS) is 12.2. The molecule has 0 saturated carbocycles. The highest BCUT2D eigenvalue weighted by Crippen LogP contribution is 2.11. The van der Waals surface area contributed by atoms with Crippen LogP contribution in [0.5, 0.6) is 0 Å². The third-order valence-corrected chi connectivity index (χ3v) is 2.00. The van der Waals surface area contributed by atoms with Crippen molar-refractivity contribution in [2.45, 2.75) is 25.9 Å². The van der Waals surface area contributed by atoms with Gasteiger partial charge in [0.25, 0.3) is 0 Å². The third kappa shape index (κ3) is 3.78. The van der Waals surface area contributed by atoms with E-state index in [0.717, 1.165) is 0 Å². The van der Waals surface area contributed by atoms with E-state index in [1.807, 2.05) is 0 Å². The summed E-state index contributed by atoms with van der Waals surface area (Å²) in [6, 6.07) is -1.67. The van der Waals surface area contributed by atoms with Gasteiger partial charge in [-0.05, 0) is 13.8 Å². The van der Waals surface area contributed by atoms with E-state index in [1.54, 1.807) is 27.1 Å². The highest BCUT2D eigenvalue weighted by Gasteiger charge is 2.23. The highest BCUT2D eigenvalue weighted by atomic mass is 16.4. The zero-order valence-electron chi connectivity index (χ0n) is 9.97. The molecule has 17 heavy (non-hydrogen) atoms. The van der Waals surface area contributed by atoms with E-state index in [2.05, 4.69) is 15.7 Å². The van der Waals surface area contributed by atoms with Crippen molar-refractivity contribution in [1.29, 1.82) is 0 Å². The first-order chi connectivity index (χ1) is 7.90. The van der Waals surface area contributed by atoms with Gasteiger partial charge in [0.15, 0.2) is 6.04 Å². The van der Waals surface area contributed by atoms with Crippen molar-refractivity contribution in [3.63, 3.8) is 0 Å². The highest BCUT2D eigenvalue weighted by molar-refractivity contribution is 5.83. The standard InChI is InChI=1S/C10H16N4O3/c1-6(2)12-10(17)13-8(9(15)16)7-4-11-14(3)5-7/h4-6,8H,1-3H3,(H,15,16)(H2,12,13,17). The first kappa shape index (κ1) is 13.0. The number of carbonyl (C=O) groups excluding carboxylic acids is 1. The lowest BCUT2D eigenvalue weighted by molar-refractivity contribution is -0.139. The molecule has 0 spiro atoms. The van der Waals surface area contributed by atoms with Gasteiger partial charge in [-0.25, -0.2) is 9.59 Å². The molecule has 0 saturated heterocycles. The maximum absolute atomic E-state index is 11.4. The van der Waals surface area contributed by atoms with Gasteiger partial charge in [-0.1, -0.05) is 0 Å². The number of carboxylic acid groups (broad SMARTS) is 1. The molecule has 1 unspecified atom stereocenters. The fraction of sp³-hybridized carbons (Fsp3) is 0.500. The van der Waals surface area contributed by atoms with E-state index in [1.165, 1.54) is 10.9 Å². The Morgan fingerprint density at radius 3 is 2.47 bits per heavy atom. The second kappa shape index (κ2) is 5.33. The van der Waals surface area contributed by atoms with Gasteiger partial charge < -0.3 is 15.7 Å². The molecule has 0 aliphatic heterocycles.